The van der Waals surface area contributed by atoms with Gasteiger partial charge in [0, 0.05) is 10.3 Å². The lowest BCUT2D eigenvalue weighted by Gasteiger charge is -2.18. The van der Waals surface area contributed by atoms with Gasteiger partial charge in [-0.15, -0.1) is 11.3 Å². The van der Waals surface area contributed by atoms with Crippen molar-refractivity contribution < 1.29 is 0 Å². The van der Waals surface area contributed by atoms with Crippen molar-refractivity contribution in [3.63, 3.8) is 0 Å². The van der Waals surface area contributed by atoms with Crippen molar-refractivity contribution in [3.8, 4) is 10.4 Å². The summed E-state index contributed by atoms with van der Waals surface area (Å²) in [4.78, 5) is 24.3. The Morgan fingerprint density at radius 2 is 1.76 bits per heavy atom. The van der Waals surface area contributed by atoms with Gasteiger partial charge in [0.05, 0.1) is 15.6 Å². The molecule has 0 saturated heterocycles. The fraction of sp³-hybridized carbons (Fsp3) is 0.522. The van der Waals surface area contributed by atoms with Crippen molar-refractivity contribution in [2.75, 3.05) is 0 Å². The summed E-state index contributed by atoms with van der Waals surface area (Å²) in [5, 5.41) is 0.852. The van der Waals surface area contributed by atoms with Crippen molar-refractivity contribution in [1.29, 1.82) is 0 Å². The van der Waals surface area contributed by atoms with E-state index in [1.165, 1.54) is 37.0 Å². The maximum absolute atomic E-state index is 12.1. The number of thiophene rings is 1. The lowest BCUT2D eigenvalue weighted by Crippen LogP contribution is -2.10. The van der Waals surface area contributed by atoms with Crippen LogP contribution in [0, 0.1) is 19.8 Å². The quantitative estimate of drug-likeness (QED) is 0.428. The van der Waals surface area contributed by atoms with Gasteiger partial charge >= 0.3 is 0 Å². The molecule has 1 saturated carbocycles. The van der Waals surface area contributed by atoms with Gasteiger partial charge in [-0.3, -0.25) is 4.79 Å². The van der Waals surface area contributed by atoms with Crippen molar-refractivity contribution in [1.82, 2.24) is 15.0 Å². The highest BCUT2D eigenvalue weighted by atomic mass is 35.5. The van der Waals surface area contributed by atoms with Crippen molar-refractivity contribution in [3.05, 3.63) is 44.4 Å². The van der Waals surface area contributed by atoms with Gasteiger partial charge in [0.1, 0.15) is 11.5 Å². The second-order valence-electron chi connectivity index (χ2n) is 6.98. The normalized spacial score (nSPS) is 12.6. The van der Waals surface area contributed by atoms with Crippen LogP contribution in [0.3, 0.4) is 0 Å². The third-order valence-electron chi connectivity index (χ3n) is 4.25. The third-order valence-corrected chi connectivity index (χ3v) is 5.51. The smallest absolute Gasteiger partial charge is 0.258 e. The number of aromatic nitrogens is 3. The Labute approximate surface area is 183 Å². The average molecular weight is 436 g/mol. The maximum Gasteiger partial charge on any atom is 0.258 e. The molecule has 0 amide bonds. The Morgan fingerprint density at radius 1 is 1.17 bits per heavy atom. The molecule has 4 rings (SSSR count). The first-order chi connectivity index (χ1) is 13.8. The standard InChI is InChI=1S/C13H10ClN3OS.C5H10.C3H8.C2H6/c1-6-8-5-9(10-3-4-11(14)19-10)13(18)17-12(8)16-7(2)15-6;1-5-3-2-4-5;1-3-2;1-2/h3-5H,1-2H3,(H,15,16,17,18);5H,2-4H2,1H3;3H2,1-2H3;1-2H3. The number of nitrogens with one attached hydrogen (secondary N) is 1. The topological polar surface area (TPSA) is 58.6 Å². The van der Waals surface area contributed by atoms with Gasteiger partial charge in [-0.25, -0.2) is 9.97 Å². The highest BCUT2D eigenvalue weighted by Crippen LogP contribution is 2.30. The summed E-state index contributed by atoms with van der Waals surface area (Å²) in [5.41, 5.74) is 1.85. The molecule has 0 aliphatic heterocycles. The molecule has 0 radical (unpaired) electrons. The summed E-state index contributed by atoms with van der Waals surface area (Å²) >= 11 is 7.29. The number of halogens is 1. The summed E-state index contributed by atoms with van der Waals surface area (Å²) in [7, 11) is 0. The number of pyridine rings is 1. The second-order valence-corrected chi connectivity index (χ2v) is 8.69. The molecule has 1 fully saturated rings. The molecule has 1 N–H and O–H groups in total. The van der Waals surface area contributed by atoms with E-state index in [1.807, 2.05) is 32.9 Å². The molecule has 4 nitrogen and oxygen atoms in total. The van der Waals surface area contributed by atoms with Crippen LogP contribution >= 0.6 is 22.9 Å². The molecule has 3 aromatic rings. The molecule has 0 spiro atoms. The fourth-order valence-corrected chi connectivity index (χ4v) is 3.68. The van der Waals surface area contributed by atoms with Crippen LogP contribution in [0.4, 0.5) is 0 Å². The number of aromatic amines is 1. The minimum atomic E-state index is -0.163. The Bertz CT molecular complexity index is 945. The first-order valence-electron chi connectivity index (χ1n) is 10.5. The Balaban J connectivity index is 0.000000351. The first-order valence-corrected chi connectivity index (χ1v) is 11.7. The van der Waals surface area contributed by atoms with Crippen LogP contribution in [0.2, 0.25) is 4.34 Å². The minimum absolute atomic E-state index is 0.163. The molecule has 0 aromatic carbocycles. The molecular formula is C23H34ClN3OS. The van der Waals surface area contributed by atoms with E-state index in [9.17, 15) is 4.79 Å². The number of nitrogens with zero attached hydrogens (tertiary/aromatic N) is 2. The third kappa shape index (κ3) is 7.56. The molecule has 160 valence electrons. The zero-order valence-corrected chi connectivity index (χ0v) is 20.3. The molecule has 3 heterocycles. The minimum Gasteiger partial charge on any atom is -0.306 e. The van der Waals surface area contributed by atoms with Gasteiger partial charge < -0.3 is 4.98 Å². The summed E-state index contributed by atoms with van der Waals surface area (Å²) in [6.45, 7) is 14.3. The molecule has 3 aromatic heterocycles. The zero-order chi connectivity index (χ0) is 22.0. The second kappa shape index (κ2) is 12.8. The van der Waals surface area contributed by atoms with Gasteiger partial charge in [-0.2, -0.15) is 0 Å². The van der Waals surface area contributed by atoms with Gasteiger partial charge in [-0.05, 0) is 38.0 Å². The molecule has 6 heteroatoms. The van der Waals surface area contributed by atoms with E-state index in [-0.39, 0.29) is 5.56 Å². The van der Waals surface area contributed by atoms with Crippen LogP contribution in [0.25, 0.3) is 21.5 Å². The predicted molar refractivity (Wildman–Crippen MR) is 128 cm³/mol. The monoisotopic (exact) mass is 435 g/mol. The van der Waals surface area contributed by atoms with E-state index in [2.05, 4.69) is 35.7 Å². The van der Waals surface area contributed by atoms with Gasteiger partial charge in [0.15, 0.2) is 0 Å². The van der Waals surface area contributed by atoms with E-state index in [0.717, 1.165) is 21.9 Å². The molecule has 29 heavy (non-hydrogen) atoms. The summed E-state index contributed by atoms with van der Waals surface area (Å²) < 4.78 is 0.659. The summed E-state index contributed by atoms with van der Waals surface area (Å²) in [6.07, 6.45) is 5.71. The lowest BCUT2D eigenvalue weighted by molar-refractivity contribution is 0.346. The number of aryl methyl sites for hydroxylation is 2. The van der Waals surface area contributed by atoms with Crippen LogP contribution in [-0.4, -0.2) is 15.0 Å². The molecule has 0 unspecified atom stereocenters. The van der Waals surface area contributed by atoms with Gasteiger partial charge in [0.2, 0.25) is 0 Å². The Kier molecular flexibility index (Phi) is 11.1. The SMILES string of the molecule is CC.CC1CCC1.CCC.Cc1nc(C)c2cc(-c3ccc(Cl)s3)c(=O)[nH]c2n1. The highest BCUT2D eigenvalue weighted by molar-refractivity contribution is 7.19. The molecular weight excluding hydrogens is 402 g/mol. The van der Waals surface area contributed by atoms with E-state index in [0.29, 0.717) is 21.4 Å². The summed E-state index contributed by atoms with van der Waals surface area (Å²) in [6, 6.07) is 5.45. The molecule has 0 bridgehead atoms. The van der Waals surface area contributed by atoms with Crippen LogP contribution in [0.1, 0.15) is 71.8 Å². The summed E-state index contributed by atoms with van der Waals surface area (Å²) in [5.74, 6) is 1.71. The first kappa shape index (κ1) is 25.3. The fourth-order valence-electron chi connectivity index (χ4n) is 2.63. The van der Waals surface area contributed by atoms with Crippen LogP contribution in [0.5, 0.6) is 0 Å². The van der Waals surface area contributed by atoms with Crippen molar-refractivity contribution >= 4 is 34.0 Å². The van der Waals surface area contributed by atoms with Crippen LogP contribution in [0.15, 0.2) is 23.0 Å². The largest absolute Gasteiger partial charge is 0.306 e. The maximum atomic E-state index is 12.1. The van der Waals surface area contributed by atoms with E-state index < -0.39 is 0 Å². The zero-order valence-electron chi connectivity index (χ0n) is 18.7. The van der Waals surface area contributed by atoms with E-state index in [4.69, 9.17) is 11.6 Å². The van der Waals surface area contributed by atoms with E-state index in [1.54, 1.807) is 13.0 Å². The average Bonchev–Trinajstić information content (AvgIpc) is 3.08. The van der Waals surface area contributed by atoms with Crippen molar-refractivity contribution in [2.45, 2.75) is 74.1 Å². The number of fused-ring (bicyclic) bond motifs is 1. The number of H-pyrrole nitrogens is 1. The molecule has 1 aliphatic rings. The van der Waals surface area contributed by atoms with Crippen molar-refractivity contribution in [2.24, 2.45) is 5.92 Å². The Hall–Kier alpha value is -1.72. The van der Waals surface area contributed by atoms with Gasteiger partial charge in [-0.1, -0.05) is 71.9 Å². The van der Waals surface area contributed by atoms with Crippen LogP contribution in [-0.2, 0) is 0 Å². The highest BCUT2D eigenvalue weighted by Gasteiger charge is 2.11. The molecule has 1 aliphatic carbocycles. The van der Waals surface area contributed by atoms with Gasteiger partial charge in [0.25, 0.3) is 5.56 Å². The Morgan fingerprint density at radius 3 is 2.21 bits per heavy atom. The van der Waals surface area contributed by atoms with E-state index >= 15 is 0 Å². The molecule has 0 atom stereocenters. The number of rotatable bonds is 1. The van der Waals surface area contributed by atoms with Crippen LogP contribution < -0.4 is 5.56 Å². The number of hydrogen-bond acceptors (Lipinski definition) is 4. The number of hydrogen-bond donors (Lipinski definition) is 1. The lowest BCUT2D eigenvalue weighted by atomic mass is 9.88. The predicted octanol–water partition coefficient (Wildman–Crippen LogP) is 7.57.